The molecule has 5 rings (SSSR count). The third kappa shape index (κ3) is 6.30. The normalized spacial score (nSPS) is 15.5. The first kappa shape index (κ1) is 26.5. The van der Waals surface area contributed by atoms with Crippen LogP contribution < -0.4 is 5.32 Å². The summed E-state index contributed by atoms with van der Waals surface area (Å²) in [6.45, 7) is 10.3. The molecular formula is C31H35N7O. The van der Waals surface area contributed by atoms with Gasteiger partial charge in [-0.05, 0) is 58.7 Å². The van der Waals surface area contributed by atoms with Crippen LogP contribution in [0.1, 0.15) is 41.0 Å². The molecule has 0 radical (unpaired) electrons. The van der Waals surface area contributed by atoms with Crippen molar-refractivity contribution < 1.29 is 4.79 Å². The maximum absolute atomic E-state index is 11.6. The zero-order valence-electron chi connectivity index (χ0n) is 22.8. The summed E-state index contributed by atoms with van der Waals surface area (Å²) in [4.78, 5) is 16.5. The predicted octanol–water partition coefficient (Wildman–Crippen LogP) is 4.66. The SMILES string of the molecule is CC(=O)Nc1ccc(C(c2nnnn2-c2c(C)cccc2C)N2CCN(CC=Cc3ccccc3)CC2)cc1. The van der Waals surface area contributed by atoms with Crippen molar-refractivity contribution in [1.29, 1.82) is 0 Å². The molecule has 0 bridgehead atoms. The molecule has 1 aliphatic heterocycles. The van der Waals surface area contributed by atoms with Crippen molar-refractivity contribution in [3.05, 3.63) is 107 Å². The second kappa shape index (κ2) is 12.1. The fraction of sp³-hybridized carbons (Fsp3) is 0.290. The van der Waals surface area contributed by atoms with Gasteiger partial charge in [-0.1, -0.05) is 72.8 Å². The molecule has 1 saturated heterocycles. The minimum absolute atomic E-state index is 0.0873. The molecule has 1 atom stereocenters. The highest BCUT2D eigenvalue weighted by atomic mass is 16.1. The summed E-state index contributed by atoms with van der Waals surface area (Å²) < 4.78 is 1.89. The van der Waals surface area contributed by atoms with Gasteiger partial charge in [-0.3, -0.25) is 14.6 Å². The fourth-order valence-corrected chi connectivity index (χ4v) is 5.24. The number of hydrogen-bond donors (Lipinski definition) is 1. The van der Waals surface area contributed by atoms with E-state index >= 15 is 0 Å². The average molecular weight is 522 g/mol. The number of nitrogens with one attached hydrogen (secondary N) is 1. The number of aryl methyl sites for hydroxylation is 2. The van der Waals surface area contributed by atoms with Gasteiger partial charge in [0.2, 0.25) is 5.91 Å². The minimum atomic E-state index is -0.132. The van der Waals surface area contributed by atoms with Crippen molar-refractivity contribution >= 4 is 17.7 Å². The lowest BCUT2D eigenvalue weighted by Gasteiger charge is -2.38. The summed E-state index contributed by atoms with van der Waals surface area (Å²) >= 11 is 0. The zero-order valence-corrected chi connectivity index (χ0v) is 22.8. The monoisotopic (exact) mass is 521 g/mol. The highest BCUT2D eigenvalue weighted by Gasteiger charge is 2.31. The Morgan fingerprint density at radius 1 is 0.923 bits per heavy atom. The van der Waals surface area contributed by atoms with Crippen LogP contribution in [0.25, 0.3) is 11.8 Å². The number of carbonyl (C=O) groups is 1. The van der Waals surface area contributed by atoms with E-state index in [4.69, 9.17) is 0 Å². The van der Waals surface area contributed by atoms with Crippen LogP contribution in [0.4, 0.5) is 5.69 Å². The summed E-state index contributed by atoms with van der Waals surface area (Å²) in [5, 5.41) is 16.0. The van der Waals surface area contributed by atoms with Gasteiger partial charge >= 0.3 is 0 Å². The summed E-state index contributed by atoms with van der Waals surface area (Å²) in [6, 6.07) is 24.5. The molecule has 1 N–H and O–H groups in total. The Morgan fingerprint density at radius 3 is 2.28 bits per heavy atom. The number of carbonyl (C=O) groups excluding carboxylic acids is 1. The van der Waals surface area contributed by atoms with E-state index in [1.807, 2.05) is 22.9 Å². The molecule has 1 fully saturated rings. The van der Waals surface area contributed by atoms with E-state index in [2.05, 4.69) is 111 Å². The number of benzene rings is 3. The van der Waals surface area contributed by atoms with Gasteiger partial charge in [0.1, 0.15) is 0 Å². The molecule has 1 aromatic heterocycles. The molecule has 0 saturated carbocycles. The number of tetrazole rings is 1. The summed E-state index contributed by atoms with van der Waals surface area (Å²) in [6.07, 6.45) is 4.43. The standard InChI is InChI=1S/C31H35N7O/c1-23-9-7-10-24(2)29(23)38-31(33-34-35-38)30(27-14-16-28(17-15-27)32-25(3)39)37-21-19-36(20-22-37)18-8-13-26-11-5-4-6-12-26/h4-17,30H,18-22H2,1-3H3,(H,32,39). The Balaban J connectivity index is 1.40. The van der Waals surface area contributed by atoms with E-state index in [-0.39, 0.29) is 11.9 Å². The Hall–Kier alpha value is -4.14. The van der Waals surface area contributed by atoms with Crippen molar-refractivity contribution in [2.24, 2.45) is 0 Å². The molecule has 0 aliphatic carbocycles. The molecular weight excluding hydrogens is 486 g/mol. The lowest BCUT2D eigenvalue weighted by Crippen LogP contribution is -2.48. The summed E-state index contributed by atoms with van der Waals surface area (Å²) in [5.74, 6) is 0.702. The number of piperazine rings is 1. The second-order valence-corrected chi connectivity index (χ2v) is 10.0. The van der Waals surface area contributed by atoms with E-state index < -0.39 is 0 Å². The fourth-order valence-electron chi connectivity index (χ4n) is 5.24. The number of rotatable bonds is 8. The molecule has 1 aliphatic rings. The summed E-state index contributed by atoms with van der Waals surface area (Å²) in [7, 11) is 0. The van der Waals surface area contributed by atoms with Gasteiger partial charge in [0, 0.05) is 45.3 Å². The second-order valence-electron chi connectivity index (χ2n) is 10.0. The lowest BCUT2D eigenvalue weighted by molar-refractivity contribution is -0.114. The number of hydrogen-bond acceptors (Lipinski definition) is 6. The van der Waals surface area contributed by atoms with Gasteiger partial charge < -0.3 is 5.32 Å². The van der Waals surface area contributed by atoms with Crippen LogP contribution in [-0.2, 0) is 4.79 Å². The van der Waals surface area contributed by atoms with Crippen LogP contribution in [0, 0.1) is 13.8 Å². The maximum Gasteiger partial charge on any atom is 0.221 e. The smallest absolute Gasteiger partial charge is 0.221 e. The number of aromatic nitrogens is 4. The number of anilines is 1. The minimum Gasteiger partial charge on any atom is -0.326 e. The van der Waals surface area contributed by atoms with Gasteiger partial charge in [-0.2, -0.15) is 4.68 Å². The van der Waals surface area contributed by atoms with Crippen LogP contribution in [0.3, 0.4) is 0 Å². The van der Waals surface area contributed by atoms with E-state index in [0.29, 0.717) is 0 Å². The predicted molar refractivity (Wildman–Crippen MR) is 155 cm³/mol. The van der Waals surface area contributed by atoms with Crippen molar-refractivity contribution in [2.45, 2.75) is 26.8 Å². The summed E-state index contributed by atoms with van der Waals surface area (Å²) in [5.41, 5.74) is 6.34. The Labute approximate surface area is 230 Å². The van der Waals surface area contributed by atoms with Gasteiger partial charge in [-0.15, -0.1) is 5.10 Å². The zero-order chi connectivity index (χ0) is 27.2. The first-order chi connectivity index (χ1) is 19.0. The maximum atomic E-state index is 11.6. The van der Waals surface area contributed by atoms with Crippen LogP contribution in [0.2, 0.25) is 0 Å². The Bertz CT molecular complexity index is 1400. The van der Waals surface area contributed by atoms with Crippen LogP contribution >= 0.6 is 0 Å². The molecule has 1 amide bonds. The lowest BCUT2D eigenvalue weighted by atomic mass is 10.0. The largest absolute Gasteiger partial charge is 0.326 e. The Kier molecular flexibility index (Phi) is 8.24. The van der Waals surface area contributed by atoms with E-state index in [1.54, 1.807) is 0 Å². The van der Waals surface area contributed by atoms with Crippen molar-refractivity contribution in [2.75, 3.05) is 38.0 Å². The molecule has 8 heteroatoms. The van der Waals surface area contributed by atoms with Crippen molar-refractivity contribution in [3.63, 3.8) is 0 Å². The topological polar surface area (TPSA) is 79.2 Å². The molecule has 3 aromatic carbocycles. The van der Waals surface area contributed by atoms with Crippen molar-refractivity contribution in [3.8, 4) is 5.69 Å². The number of nitrogens with zero attached hydrogens (tertiary/aromatic N) is 6. The number of amides is 1. The van der Waals surface area contributed by atoms with E-state index in [9.17, 15) is 4.79 Å². The van der Waals surface area contributed by atoms with Gasteiger partial charge in [0.05, 0.1) is 11.7 Å². The highest BCUT2D eigenvalue weighted by molar-refractivity contribution is 5.88. The Morgan fingerprint density at radius 2 is 1.62 bits per heavy atom. The highest BCUT2D eigenvalue weighted by Crippen LogP contribution is 2.31. The van der Waals surface area contributed by atoms with Gasteiger partial charge in [0.25, 0.3) is 0 Å². The number of para-hydroxylation sites is 1. The van der Waals surface area contributed by atoms with Gasteiger partial charge in [0.15, 0.2) is 5.82 Å². The van der Waals surface area contributed by atoms with E-state index in [0.717, 1.165) is 66.6 Å². The third-order valence-corrected chi connectivity index (χ3v) is 7.18. The first-order valence-electron chi connectivity index (χ1n) is 13.4. The van der Waals surface area contributed by atoms with Crippen LogP contribution in [-0.4, -0.2) is 68.6 Å². The van der Waals surface area contributed by atoms with Crippen molar-refractivity contribution in [1.82, 2.24) is 30.0 Å². The van der Waals surface area contributed by atoms with Gasteiger partial charge in [-0.25, -0.2) is 0 Å². The van der Waals surface area contributed by atoms with Crippen LogP contribution in [0.5, 0.6) is 0 Å². The molecule has 2 heterocycles. The molecule has 8 nitrogen and oxygen atoms in total. The molecule has 1 unspecified atom stereocenters. The molecule has 200 valence electrons. The quantitative estimate of drug-likeness (QED) is 0.363. The van der Waals surface area contributed by atoms with Crippen LogP contribution in [0.15, 0.2) is 78.9 Å². The first-order valence-corrected chi connectivity index (χ1v) is 13.4. The molecule has 4 aromatic rings. The molecule has 39 heavy (non-hydrogen) atoms. The molecule has 0 spiro atoms. The average Bonchev–Trinajstić information content (AvgIpc) is 3.40. The third-order valence-electron chi connectivity index (χ3n) is 7.18. The van der Waals surface area contributed by atoms with E-state index in [1.165, 1.54) is 12.5 Å².